The van der Waals surface area contributed by atoms with E-state index >= 15 is 0 Å². The molecule has 0 aromatic rings. The van der Waals surface area contributed by atoms with Gasteiger partial charge >= 0.3 is 0 Å². The van der Waals surface area contributed by atoms with Crippen molar-refractivity contribution in [2.24, 2.45) is 17.6 Å². The van der Waals surface area contributed by atoms with Crippen LogP contribution in [0.3, 0.4) is 0 Å². The summed E-state index contributed by atoms with van der Waals surface area (Å²) in [6.45, 7) is 5.16. The van der Waals surface area contributed by atoms with Gasteiger partial charge in [-0.1, -0.05) is 26.2 Å². The van der Waals surface area contributed by atoms with E-state index in [0.717, 1.165) is 45.2 Å². The Morgan fingerprint density at radius 3 is 2.76 bits per heavy atom. The highest BCUT2D eigenvalue weighted by Gasteiger charge is 2.34. The lowest BCUT2D eigenvalue weighted by atomic mass is 9.83. The first kappa shape index (κ1) is 16.3. The number of hydrogen-bond acceptors (Lipinski definition) is 4. The lowest BCUT2D eigenvalue weighted by molar-refractivity contribution is -0.124. The number of hydrogen-bond donors (Lipinski definition) is 2. The Kier molecular flexibility index (Phi) is 5.60. The molecule has 2 aliphatic rings. The molecular weight excluding hydrogens is 264 g/mol. The minimum absolute atomic E-state index is 0.0104. The van der Waals surface area contributed by atoms with Gasteiger partial charge in [-0.25, -0.2) is 0 Å². The fourth-order valence-electron chi connectivity index (χ4n) is 3.60. The Hall–Kier alpha value is -1.12. The van der Waals surface area contributed by atoms with Crippen molar-refractivity contribution in [2.75, 3.05) is 26.2 Å². The predicted molar refractivity (Wildman–Crippen MR) is 82.3 cm³/mol. The largest absolute Gasteiger partial charge is 0.337 e. The van der Waals surface area contributed by atoms with E-state index in [9.17, 15) is 10.1 Å². The normalized spacial score (nSPS) is 29.6. The fourth-order valence-corrected chi connectivity index (χ4v) is 3.60. The van der Waals surface area contributed by atoms with Gasteiger partial charge in [0, 0.05) is 6.54 Å². The third kappa shape index (κ3) is 4.18. The lowest BCUT2D eigenvalue weighted by Gasteiger charge is -2.37. The maximum Gasteiger partial charge on any atom is 0.235 e. The second kappa shape index (κ2) is 7.24. The Bertz CT molecular complexity index is 398. The molecule has 21 heavy (non-hydrogen) atoms. The minimum Gasteiger partial charge on any atom is -0.337 e. The molecule has 1 heterocycles. The average Bonchev–Trinajstić information content (AvgIpc) is 2.50. The van der Waals surface area contributed by atoms with Crippen LogP contribution < -0.4 is 11.1 Å². The molecule has 0 bridgehead atoms. The summed E-state index contributed by atoms with van der Waals surface area (Å²) in [4.78, 5) is 14.5. The Morgan fingerprint density at radius 1 is 1.43 bits per heavy atom. The summed E-state index contributed by atoms with van der Waals surface area (Å²) < 4.78 is 0. The van der Waals surface area contributed by atoms with Gasteiger partial charge in [0.25, 0.3) is 0 Å². The van der Waals surface area contributed by atoms with Crippen molar-refractivity contribution in [1.82, 2.24) is 10.2 Å². The minimum atomic E-state index is -0.619. The molecule has 2 fully saturated rings. The molecule has 5 heteroatoms. The molecule has 0 spiro atoms. The maximum absolute atomic E-state index is 12.3. The van der Waals surface area contributed by atoms with E-state index in [1.165, 1.54) is 6.42 Å². The third-order valence-corrected chi connectivity index (χ3v) is 5.17. The van der Waals surface area contributed by atoms with Crippen LogP contribution in [0.2, 0.25) is 0 Å². The van der Waals surface area contributed by atoms with Gasteiger partial charge in [0.05, 0.1) is 12.6 Å². The van der Waals surface area contributed by atoms with E-state index in [2.05, 4.69) is 23.2 Å². The van der Waals surface area contributed by atoms with Crippen LogP contribution in [0.15, 0.2) is 0 Å². The number of carbonyl (C=O) groups excluding carboxylic acids is 1. The number of piperidine rings is 1. The Morgan fingerprint density at radius 2 is 2.14 bits per heavy atom. The van der Waals surface area contributed by atoms with Crippen LogP contribution in [0.4, 0.5) is 0 Å². The predicted octanol–water partition coefficient (Wildman–Crippen LogP) is 1.25. The maximum atomic E-state index is 12.3. The molecule has 5 nitrogen and oxygen atoms in total. The molecule has 2 atom stereocenters. The smallest absolute Gasteiger partial charge is 0.235 e. The van der Waals surface area contributed by atoms with E-state index < -0.39 is 5.54 Å². The molecule has 1 aliphatic heterocycles. The molecule has 1 saturated carbocycles. The Labute approximate surface area is 127 Å². The number of nitrogens with one attached hydrogen (secondary N) is 1. The zero-order chi connectivity index (χ0) is 15.3. The van der Waals surface area contributed by atoms with Gasteiger partial charge < -0.3 is 11.1 Å². The summed E-state index contributed by atoms with van der Waals surface area (Å²) in [6.07, 6.45) is 5.91. The summed E-state index contributed by atoms with van der Waals surface area (Å²) in [5, 5.41) is 12.4. The summed E-state index contributed by atoms with van der Waals surface area (Å²) in [5.41, 5.74) is 5.19. The first-order chi connectivity index (χ1) is 10.1. The molecule has 0 aromatic heterocycles. The van der Waals surface area contributed by atoms with Crippen LogP contribution in [0, 0.1) is 23.2 Å². The molecule has 1 saturated heterocycles. The van der Waals surface area contributed by atoms with Gasteiger partial charge in [0.15, 0.2) is 0 Å². The van der Waals surface area contributed by atoms with E-state index in [1.807, 2.05) is 0 Å². The summed E-state index contributed by atoms with van der Waals surface area (Å²) in [7, 11) is 0. The van der Waals surface area contributed by atoms with Crippen molar-refractivity contribution in [3.63, 3.8) is 0 Å². The van der Waals surface area contributed by atoms with Crippen LogP contribution >= 0.6 is 0 Å². The van der Waals surface area contributed by atoms with Crippen LogP contribution in [-0.4, -0.2) is 42.5 Å². The van der Waals surface area contributed by atoms with Gasteiger partial charge in [-0.15, -0.1) is 0 Å². The topological polar surface area (TPSA) is 82.2 Å². The van der Waals surface area contributed by atoms with Crippen molar-refractivity contribution < 1.29 is 4.79 Å². The van der Waals surface area contributed by atoms with Crippen LogP contribution in [-0.2, 0) is 4.79 Å². The quantitative estimate of drug-likeness (QED) is 0.817. The molecule has 0 radical (unpaired) electrons. The Balaban J connectivity index is 1.85. The molecule has 1 aliphatic carbocycles. The average molecular weight is 292 g/mol. The highest BCUT2D eigenvalue weighted by atomic mass is 16.2. The highest BCUT2D eigenvalue weighted by molar-refractivity contribution is 5.79. The second-order valence-corrected chi connectivity index (χ2v) is 6.80. The molecular formula is C16H28N4O. The lowest BCUT2D eigenvalue weighted by Crippen LogP contribution is -2.53. The van der Waals surface area contributed by atoms with Gasteiger partial charge in [0.2, 0.25) is 5.91 Å². The van der Waals surface area contributed by atoms with Crippen molar-refractivity contribution in [3.8, 4) is 6.07 Å². The zero-order valence-corrected chi connectivity index (χ0v) is 13.1. The molecule has 3 N–H and O–H groups in total. The third-order valence-electron chi connectivity index (χ3n) is 5.17. The molecule has 1 amide bonds. The van der Waals surface area contributed by atoms with E-state index in [-0.39, 0.29) is 5.91 Å². The second-order valence-electron chi connectivity index (χ2n) is 6.80. The molecule has 2 rings (SSSR count). The van der Waals surface area contributed by atoms with Gasteiger partial charge in [-0.3, -0.25) is 9.69 Å². The number of nitrogens with zero attached hydrogens (tertiary/aromatic N) is 2. The standard InChI is InChI=1S/C16H28N4O/c1-13-5-8-20(10-14(13)9-17)11-15(21)19-16(12-18)6-3-2-4-7-16/h13-14H,2-11,17H2,1H3,(H,19,21). The van der Waals surface area contributed by atoms with Crippen LogP contribution in [0.25, 0.3) is 0 Å². The van der Waals surface area contributed by atoms with Crippen LogP contribution in [0.1, 0.15) is 45.4 Å². The van der Waals surface area contributed by atoms with Crippen molar-refractivity contribution in [1.29, 1.82) is 5.26 Å². The number of amides is 1. The number of carbonyl (C=O) groups is 1. The fraction of sp³-hybridized carbons (Fsp3) is 0.875. The first-order valence-corrected chi connectivity index (χ1v) is 8.23. The highest BCUT2D eigenvalue weighted by Crippen LogP contribution is 2.27. The number of likely N-dealkylation sites (tertiary alicyclic amines) is 1. The van der Waals surface area contributed by atoms with Crippen LogP contribution in [0.5, 0.6) is 0 Å². The zero-order valence-electron chi connectivity index (χ0n) is 13.1. The van der Waals surface area contributed by atoms with Crippen molar-refractivity contribution in [3.05, 3.63) is 0 Å². The number of nitriles is 1. The monoisotopic (exact) mass is 292 g/mol. The summed E-state index contributed by atoms with van der Waals surface area (Å²) >= 11 is 0. The van der Waals surface area contributed by atoms with Crippen molar-refractivity contribution >= 4 is 5.91 Å². The number of nitrogens with two attached hydrogens (primary N) is 1. The van der Waals surface area contributed by atoms with E-state index in [0.29, 0.717) is 24.9 Å². The van der Waals surface area contributed by atoms with Gasteiger partial charge in [-0.05, 0) is 44.2 Å². The van der Waals surface area contributed by atoms with E-state index in [4.69, 9.17) is 5.73 Å². The molecule has 118 valence electrons. The molecule has 2 unspecified atom stereocenters. The number of rotatable bonds is 4. The van der Waals surface area contributed by atoms with E-state index in [1.54, 1.807) is 0 Å². The summed E-state index contributed by atoms with van der Waals surface area (Å²) in [6, 6.07) is 2.34. The van der Waals surface area contributed by atoms with Gasteiger partial charge in [-0.2, -0.15) is 5.26 Å². The molecule has 0 aromatic carbocycles. The SMILES string of the molecule is CC1CCN(CC(=O)NC2(C#N)CCCCC2)CC1CN. The first-order valence-electron chi connectivity index (χ1n) is 8.23. The van der Waals surface area contributed by atoms with Gasteiger partial charge in [0.1, 0.15) is 5.54 Å². The van der Waals surface area contributed by atoms with Crippen molar-refractivity contribution in [2.45, 2.75) is 51.0 Å². The summed E-state index contributed by atoms with van der Waals surface area (Å²) in [5.74, 6) is 1.10.